The van der Waals surface area contributed by atoms with E-state index in [1.807, 2.05) is 18.2 Å². The smallest absolute Gasteiger partial charge is 0.123 e. The minimum atomic E-state index is -0.697. The number of nitrogens with one attached hydrogen (secondary N) is 1. The van der Waals surface area contributed by atoms with Crippen molar-refractivity contribution in [3.8, 4) is 5.75 Å². The molecule has 2 unspecified atom stereocenters. The standard InChI is InChI=1S/C14H23NO2S/c1-4-13(15-10-7-11-18(3)16)12-8-5-6-9-14(12)17-2/h5-6,8-9,13,15H,4,7,10-11H2,1-3H3. The van der Waals surface area contributed by atoms with E-state index in [0.29, 0.717) is 6.04 Å². The second kappa shape index (κ2) is 8.27. The molecule has 2 atom stereocenters. The van der Waals surface area contributed by atoms with Gasteiger partial charge in [0.25, 0.3) is 0 Å². The number of hydrogen-bond donors (Lipinski definition) is 1. The highest BCUT2D eigenvalue weighted by Crippen LogP contribution is 2.26. The lowest BCUT2D eigenvalue weighted by Crippen LogP contribution is -2.23. The van der Waals surface area contributed by atoms with Crippen molar-refractivity contribution in [2.24, 2.45) is 0 Å². The summed E-state index contributed by atoms with van der Waals surface area (Å²) in [7, 11) is 1.00. The maximum atomic E-state index is 11.0. The SMILES string of the molecule is CCC(NCCCS(C)=O)c1ccccc1OC. The van der Waals surface area contributed by atoms with Gasteiger partial charge >= 0.3 is 0 Å². The highest BCUT2D eigenvalue weighted by atomic mass is 32.2. The molecule has 0 heterocycles. The zero-order chi connectivity index (χ0) is 13.4. The van der Waals surface area contributed by atoms with Crippen LogP contribution in [0.4, 0.5) is 0 Å². The van der Waals surface area contributed by atoms with Gasteiger partial charge in [-0.2, -0.15) is 0 Å². The zero-order valence-corrected chi connectivity index (χ0v) is 12.3. The summed E-state index contributed by atoms with van der Waals surface area (Å²) in [4.78, 5) is 0. The molecule has 0 saturated heterocycles. The van der Waals surface area contributed by atoms with Crippen LogP contribution in [0.15, 0.2) is 24.3 Å². The second-order valence-corrected chi connectivity index (χ2v) is 5.84. The Morgan fingerprint density at radius 3 is 2.72 bits per heavy atom. The third-order valence-electron chi connectivity index (χ3n) is 2.92. The molecule has 18 heavy (non-hydrogen) atoms. The summed E-state index contributed by atoms with van der Waals surface area (Å²) in [5.41, 5.74) is 1.19. The summed E-state index contributed by atoms with van der Waals surface area (Å²) in [6, 6.07) is 8.39. The van der Waals surface area contributed by atoms with Crippen LogP contribution in [-0.4, -0.2) is 29.9 Å². The van der Waals surface area contributed by atoms with Gasteiger partial charge in [0.15, 0.2) is 0 Å². The summed E-state index contributed by atoms with van der Waals surface area (Å²) < 4.78 is 16.4. The molecule has 0 aromatic heterocycles. The van der Waals surface area contributed by atoms with Gasteiger partial charge in [0, 0.05) is 34.4 Å². The van der Waals surface area contributed by atoms with Gasteiger partial charge in [0.2, 0.25) is 0 Å². The van der Waals surface area contributed by atoms with Crippen LogP contribution in [0, 0.1) is 0 Å². The Balaban J connectivity index is 2.57. The largest absolute Gasteiger partial charge is 0.496 e. The molecule has 0 amide bonds. The molecule has 1 aromatic rings. The summed E-state index contributed by atoms with van der Waals surface area (Å²) >= 11 is 0. The molecule has 0 aliphatic rings. The fourth-order valence-electron chi connectivity index (χ4n) is 1.98. The van der Waals surface area contributed by atoms with E-state index in [4.69, 9.17) is 4.74 Å². The number of para-hydroxylation sites is 1. The van der Waals surface area contributed by atoms with Crippen molar-refractivity contribution < 1.29 is 8.95 Å². The Morgan fingerprint density at radius 2 is 2.11 bits per heavy atom. The first-order chi connectivity index (χ1) is 8.69. The van der Waals surface area contributed by atoms with E-state index >= 15 is 0 Å². The fraction of sp³-hybridized carbons (Fsp3) is 0.571. The molecule has 3 nitrogen and oxygen atoms in total. The third-order valence-corrected chi connectivity index (χ3v) is 3.79. The lowest BCUT2D eigenvalue weighted by molar-refractivity contribution is 0.397. The zero-order valence-electron chi connectivity index (χ0n) is 11.4. The number of rotatable bonds is 8. The van der Waals surface area contributed by atoms with Crippen molar-refractivity contribution >= 4 is 10.8 Å². The van der Waals surface area contributed by atoms with Crippen molar-refractivity contribution in [2.45, 2.75) is 25.8 Å². The lowest BCUT2D eigenvalue weighted by atomic mass is 10.0. The molecule has 0 radical (unpaired) electrons. The molecule has 102 valence electrons. The molecule has 0 saturated carbocycles. The molecule has 0 aliphatic heterocycles. The average molecular weight is 269 g/mol. The van der Waals surface area contributed by atoms with E-state index in [2.05, 4.69) is 18.3 Å². The summed E-state index contributed by atoms with van der Waals surface area (Å²) in [6.45, 7) is 3.04. The molecular weight excluding hydrogens is 246 g/mol. The molecule has 1 aromatic carbocycles. The first-order valence-electron chi connectivity index (χ1n) is 6.35. The Kier molecular flexibility index (Phi) is 6.98. The molecule has 4 heteroatoms. The minimum absolute atomic E-state index is 0.298. The second-order valence-electron chi connectivity index (χ2n) is 4.29. The van der Waals surface area contributed by atoms with Gasteiger partial charge in [-0.3, -0.25) is 4.21 Å². The van der Waals surface area contributed by atoms with E-state index in [0.717, 1.165) is 30.9 Å². The molecule has 1 rings (SSSR count). The van der Waals surface area contributed by atoms with Crippen LogP contribution in [0.3, 0.4) is 0 Å². The molecule has 0 bridgehead atoms. The predicted octanol–water partition coefficient (Wildman–Crippen LogP) is 2.50. The highest BCUT2D eigenvalue weighted by molar-refractivity contribution is 7.84. The van der Waals surface area contributed by atoms with Crippen LogP contribution >= 0.6 is 0 Å². The van der Waals surface area contributed by atoms with E-state index < -0.39 is 10.8 Å². The van der Waals surface area contributed by atoms with Gasteiger partial charge in [0.05, 0.1) is 7.11 Å². The van der Waals surface area contributed by atoms with Gasteiger partial charge in [0.1, 0.15) is 5.75 Å². The van der Waals surface area contributed by atoms with Gasteiger partial charge in [-0.1, -0.05) is 25.1 Å². The first kappa shape index (κ1) is 15.2. The molecule has 1 N–H and O–H groups in total. The van der Waals surface area contributed by atoms with E-state index in [-0.39, 0.29) is 0 Å². The van der Waals surface area contributed by atoms with Crippen molar-refractivity contribution in [2.75, 3.05) is 25.7 Å². The minimum Gasteiger partial charge on any atom is -0.496 e. The van der Waals surface area contributed by atoms with Crippen molar-refractivity contribution in [3.63, 3.8) is 0 Å². The Hall–Kier alpha value is -0.870. The van der Waals surface area contributed by atoms with E-state index in [9.17, 15) is 4.21 Å². The third kappa shape index (κ3) is 4.78. The Labute approximate surface area is 112 Å². The normalized spacial score (nSPS) is 14.2. The van der Waals surface area contributed by atoms with Crippen LogP contribution in [0.5, 0.6) is 5.75 Å². The number of methoxy groups -OCH3 is 1. The van der Waals surface area contributed by atoms with Gasteiger partial charge in [-0.25, -0.2) is 0 Å². The van der Waals surface area contributed by atoms with Crippen LogP contribution in [0.1, 0.15) is 31.4 Å². The van der Waals surface area contributed by atoms with Gasteiger partial charge < -0.3 is 10.1 Å². The molecule has 0 spiro atoms. The summed E-state index contributed by atoms with van der Waals surface area (Å²) in [5.74, 6) is 1.69. The van der Waals surface area contributed by atoms with Gasteiger partial charge in [-0.15, -0.1) is 0 Å². The topological polar surface area (TPSA) is 38.3 Å². The van der Waals surface area contributed by atoms with Gasteiger partial charge in [-0.05, 0) is 25.5 Å². The quantitative estimate of drug-likeness (QED) is 0.737. The number of hydrogen-bond acceptors (Lipinski definition) is 3. The lowest BCUT2D eigenvalue weighted by Gasteiger charge is -2.19. The van der Waals surface area contributed by atoms with Crippen LogP contribution < -0.4 is 10.1 Å². The number of ether oxygens (including phenoxy) is 1. The average Bonchev–Trinajstić information content (AvgIpc) is 2.38. The van der Waals surface area contributed by atoms with Crippen molar-refractivity contribution in [1.82, 2.24) is 5.32 Å². The van der Waals surface area contributed by atoms with Crippen LogP contribution in [0.25, 0.3) is 0 Å². The predicted molar refractivity (Wildman–Crippen MR) is 77.6 cm³/mol. The highest BCUT2D eigenvalue weighted by Gasteiger charge is 2.12. The summed E-state index contributed by atoms with van der Waals surface area (Å²) in [5, 5.41) is 3.50. The molecule has 0 fully saturated rings. The Morgan fingerprint density at radius 1 is 1.39 bits per heavy atom. The van der Waals surface area contributed by atoms with Crippen molar-refractivity contribution in [1.29, 1.82) is 0 Å². The van der Waals surface area contributed by atoms with Crippen molar-refractivity contribution in [3.05, 3.63) is 29.8 Å². The molecule has 0 aliphatic carbocycles. The van der Waals surface area contributed by atoms with Crippen LogP contribution in [0.2, 0.25) is 0 Å². The fourth-order valence-corrected chi connectivity index (χ4v) is 2.53. The van der Waals surface area contributed by atoms with E-state index in [1.54, 1.807) is 13.4 Å². The van der Waals surface area contributed by atoms with E-state index in [1.165, 1.54) is 5.56 Å². The van der Waals surface area contributed by atoms with Crippen LogP contribution in [-0.2, 0) is 10.8 Å². The summed E-state index contributed by atoms with van der Waals surface area (Å²) in [6.07, 6.45) is 3.70. The maximum Gasteiger partial charge on any atom is 0.123 e. The first-order valence-corrected chi connectivity index (χ1v) is 8.08. The Bertz CT molecular complexity index is 382. The number of benzene rings is 1. The molecular formula is C14H23NO2S. The monoisotopic (exact) mass is 269 g/mol. The maximum absolute atomic E-state index is 11.0.